The Hall–Kier alpha value is -5.34. The number of carbonyl (C=O) groups is 3. The fraction of sp³-hybridized carbons (Fsp3) is 0.167. The lowest BCUT2D eigenvalue weighted by molar-refractivity contribution is 0.0653. The molecule has 0 radical (unpaired) electrons. The standard InChI is InChI=1S/C36H28N4O4/c1-2-44-21-17-15-20(16-18-21)29-30(32(41)35-38-27-13-7-8-14-28(27)39-35)36(33(42)23-10-3-4-11-24(23)34(36)43)40-31(29)25-19-37-26-12-6-5-9-22(25)26/h3-19,29-31,37,40H,2H2,1H3,(H,38,39). The van der Waals surface area contributed by atoms with Crippen molar-refractivity contribution >= 4 is 39.3 Å². The van der Waals surface area contributed by atoms with Crippen LogP contribution < -0.4 is 10.1 Å². The van der Waals surface area contributed by atoms with Gasteiger partial charge in [0.1, 0.15) is 5.75 Å². The molecule has 6 aromatic rings. The van der Waals surface area contributed by atoms with E-state index >= 15 is 0 Å². The average molecular weight is 581 g/mol. The number of para-hydroxylation sites is 3. The fourth-order valence-corrected chi connectivity index (χ4v) is 7.24. The number of imidazole rings is 1. The van der Waals surface area contributed by atoms with Crippen molar-refractivity contribution < 1.29 is 19.1 Å². The molecular weight excluding hydrogens is 552 g/mol. The summed E-state index contributed by atoms with van der Waals surface area (Å²) in [6, 6.07) is 29.1. The highest BCUT2D eigenvalue weighted by Gasteiger charge is 2.68. The van der Waals surface area contributed by atoms with Gasteiger partial charge in [-0.25, -0.2) is 4.98 Å². The number of ketones is 3. The van der Waals surface area contributed by atoms with Crippen LogP contribution in [0.3, 0.4) is 0 Å². The number of aromatic nitrogens is 3. The first-order chi connectivity index (χ1) is 21.5. The Balaban J connectivity index is 1.38. The highest BCUT2D eigenvalue weighted by molar-refractivity contribution is 6.35. The van der Waals surface area contributed by atoms with E-state index in [1.165, 1.54) is 0 Å². The topological polar surface area (TPSA) is 117 Å². The van der Waals surface area contributed by atoms with Crippen LogP contribution >= 0.6 is 0 Å². The summed E-state index contributed by atoms with van der Waals surface area (Å²) in [5.74, 6) is -2.09. The minimum absolute atomic E-state index is 0.115. The molecule has 8 heteroatoms. The quantitative estimate of drug-likeness (QED) is 0.160. The Labute approximate surface area is 252 Å². The van der Waals surface area contributed by atoms with E-state index in [4.69, 9.17) is 4.74 Å². The lowest BCUT2D eigenvalue weighted by Crippen LogP contribution is -2.57. The molecule has 3 heterocycles. The number of Topliss-reactive ketones (excluding diaryl/α,β-unsaturated/α-hetero) is 3. The number of benzene rings is 4. The molecule has 216 valence electrons. The molecule has 3 atom stereocenters. The van der Waals surface area contributed by atoms with Crippen molar-refractivity contribution in [1.82, 2.24) is 20.3 Å². The first kappa shape index (κ1) is 26.3. The number of fused-ring (bicyclic) bond motifs is 3. The summed E-state index contributed by atoms with van der Waals surface area (Å²) in [4.78, 5) is 55.1. The van der Waals surface area contributed by atoms with Crippen LogP contribution in [0.2, 0.25) is 0 Å². The van der Waals surface area contributed by atoms with E-state index in [1.807, 2.05) is 85.9 Å². The predicted molar refractivity (Wildman–Crippen MR) is 166 cm³/mol. The highest BCUT2D eigenvalue weighted by Crippen LogP contribution is 2.55. The SMILES string of the molecule is CCOc1ccc(C2C(c3c[nH]c4ccccc34)NC3(C(=O)c4ccccc4C3=O)C2C(=O)c2nc3ccccc3[nH]2)cc1. The molecule has 0 bridgehead atoms. The van der Waals surface area contributed by atoms with Gasteiger partial charge in [0.2, 0.25) is 5.78 Å². The van der Waals surface area contributed by atoms with Crippen molar-refractivity contribution in [3.63, 3.8) is 0 Å². The maximum absolute atomic E-state index is 14.9. The first-order valence-electron chi connectivity index (χ1n) is 14.8. The molecule has 1 aliphatic heterocycles. The zero-order valence-electron chi connectivity index (χ0n) is 23.8. The number of nitrogens with one attached hydrogen (secondary N) is 3. The van der Waals surface area contributed by atoms with Gasteiger partial charge in [0.15, 0.2) is 22.9 Å². The first-order valence-corrected chi connectivity index (χ1v) is 14.8. The van der Waals surface area contributed by atoms with Crippen molar-refractivity contribution in [2.75, 3.05) is 6.61 Å². The van der Waals surface area contributed by atoms with Gasteiger partial charge in [0.25, 0.3) is 0 Å². The molecule has 1 spiro atoms. The number of ether oxygens (including phenoxy) is 1. The van der Waals surface area contributed by atoms with Crippen molar-refractivity contribution in [3.8, 4) is 5.75 Å². The number of H-pyrrole nitrogens is 2. The molecule has 1 saturated heterocycles. The lowest BCUT2D eigenvalue weighted by Gasteiger charge is -2.29. The van der Waals surface area contributed by atoms with Gasteiger partial charge in [-0.3, -0.25) is 19.7 Å². The molecule has 3 unspecified atom stereocenters. The molecule has 8 rings (SSSR count). The second-order valence-corrected chi connectivity index (χ2v) is 11.4. The van der Waals surface area contributed by atoms with E-state index in [2.05, 4.69) is 20.3 Å². The zero-order chi connectivity index (χ0) is 30.0. The third kappa shape index (κ3) is 3.67. The van der Waals surface area contributed by atoms with Gasteiger partial charge in [-0.2, -0.15) is 0 Å². The molecule has 8 nitrogen and oxygen atoms in total. The Morgan fingerprint density at radius 1 is 0.841 bits per heavy atom. The second-order valence-electron chi connectivity index (χ2n) is 11.4. The zero-order valence-corrected chi connectivity index (χ0v) is 23.8. The van der Waals surface area contributed by atoms with E-state index in [1.54, 1.807) is 24.3 Å². The van der Waals surface area contributed by atoms with Crippen molar-refractivity contribution in [2.24, 2.45) is 5.92 Å². The van der Waals surface area contributed by atoms with E-state index in [0.29, 0.717) is 34.5 Å². The summed E-state index contributed by atoms with van der Waals surface area (Å²) in [5, 5.41) is 4.46. The van der Waals surface area contributed by atoms with Crippen LogP contribution in [0.15, 0.2) is 103 Å². The van der Waals surface area contributed by atoms with Crippen LogP contribution in [0.1, 0.15) is 61.3 Å². The molecule has 0 saturated carbocycles. The summed E-state index contributed by atoms with van der Waals surface area (Å²) in [7, 11) is 0. The Morgan fingerprint density at radius 3 is 2.20 bits per heavy atom. The fourth-order valence-electron chi connectivity index (χ4n) is 7.24. The number of nitrogens with zero attached hydrogens (tertiary/aromatic N) is 1. The van der Waals surface area contributed by atoms with Crippen molar-refractivity contribution in [1.29, 1.82) is 0 Å². The van der Waals surface area contributed by atoms with Crippen molar-refractivity contribution in [3.05, 3.63) is 131 Å². The van der Waals surface area contributed by atoms with Gasteiger partial charge in [-0.1, -0.05) is 66.7 Å². The molecule has 1 aliphatic carbocycles. The molecule has 2 aromatic heterocycles. The maximum Gasteiger partial charge on any atom is 0.204 e. The number of aromatic amines is 2. The molecule has 44 heavy (non-hydrogen) atoms. The summed E-state index contributed by atoms with van der Waals surface area (Å²) >= 11 is 0. The lowest BCUT2D eigenvalue weighted by atomic mass is 9.70. The summed E-state index contributed by atoms with van der Waals surface area (Å²) in [6.07, 6.45) is 1.91. The van der Waals surface area contributed by atoms with Crippen LogP contribution in [0.5, 0.6) is 5.75 Å². The van der Waals surface area contributed by atoms with E-state index in [-0.39, 0.29) is 5.82 Å². The normalized spacial score (nSPS) is 20.5. The van der Waals surface area contributed by atoms with E-state index in [0.717, 1.165) is 22.0 Å². The van der Waals surface area contributed by atoms with Crippen molar-refractivity contribution in [2.45, 2.75) is 24.4 Å². The van der Waals surface area contributed by atoms with Gasteiger partial charge < -0.3 is 14.7 Å². The number of hydrogen-bond donors (Lipinski definition) is 3. The van der Waals surface area contributed by atoms with Gasteiger partial charge in [-0.05, 0) is 48.4 Å². The van der Waals surface area contributed by atoms with Crippen LogP contribution in [-0.2, 0) is 0 Å². The summed E-state index contributed by atoms with van der Waals surface area (Å²) in [6.45, 7) is 2.43. The van der Waals surface area contributed by atoms with Gasteiger partial charge in [0, 0.05) is 40.2 Å². The number of carbonyl (C=O) groups excluding carboxylic acids is 3. The van der Waals surface area contributed by atoms with E-state index < -0.39 is 40.8 Å². The van der Waals surface area contributed by atoms with Crippen LogP contribution in [0, 0.1) is 5.92 Å². The molecular formula is C36H28N4O4. The monoisotopic (exact) mass is 580 g/mol. The predicted octanol–water partition coefficient (Wildman–Crippen LogP) is 6.19. The minimum atomic E-state index is -1.83. The number of hydrogen-bond acceptors (Lipinski definition) is 6. The number of rotatable bonds is 6. The average Bonchev–Trinajstić information content (AvgIpc) is 3.82. The molecule has 3 N–H and O–H groups in total. The second kappa shape index (κ2) is 9.86. The van der Waals surface area contributed by atoms with Crippen LogP contribution in [-0.4, -0.2) is 44.4 Å². The van der Waals surface area contributed by atoms with E-state index in [9.17, 15) is 14.4 Å². The van der Waals surface area contributed by atoms with Gasteiger partial charge in [0.05, 0.1) is 23.6 Å². The van der Waals surface area contributed by atoms with Crippen LogP contribution in [0.4, 0.5) is 0 Å². The third-order valence-corrected chi connectivity index (χ3v) is 9.14. The van der Waals surface area contributed by atoms with Gasteiger partial charge in [-0.15, -0.1) is 0 Å². The smallest absolute Gasteiger partial charge is 0.204 e. The summed E-state index contributed by atoms with van der Waals surface area (Å²) in [5.41, 5.74) is 2.74. The largest absolute Gasteiger partial charge is 0.494 e. The Morgan fingerprint density at radius 2 is 1.50 bits per heavy atom. The molecule has 2 aliphatic rings. The Kier molecular flexibility index (Phi) is 5.89. The maximum atomic E-state index is 14.9. The summed E-state index contributed by atoms with van der Waals surface area (Å²) < 4.78 is 5.72. The molecule has 0 amide bonds. The third-order valence-electron chi connectivity index (χ3n) is 9.14. The highest BCUT2D eigenvalue weighted by atomic mass is 16.5. The van der Waals surface area contributed by atoms with Gasteiger partial charge >= 0.3 is 0 Å². The molecule has 1 fully saturated rings. The molecule has 4 aromatic carbocycles. The van der Waals surface area contributed by atoms with Crippen LogP contribution in [0.25, 0.3) is 21.9 Å². The Bertz CT molecular complexity index is 2040. The minimum Gasteiger partial charge on any atom is -0.494 e.